The van der Waals surface area contributed by atoms with E-state index in [2.05, 4.69) is 33.6 Å². The van der Waals surface area contributed by atoms with Crippen molar-refractivity contribution in [2.45, 2.75) is 12.5 Å². The van der Waals surface area contributed by atoms with Gasteiger partial charge in [0.15, 0.2) is 17.5 Å². The van der Waals surface area contributed by atoms with Crippen molar-refractivity contribution in [3.8, 4) is 28.4 Å². The van der Waals surface area contributed by atoms with Crippen LogP contribution in [0.2, 0.25) is 0 Å². The summed E-state index contributed by atoms with van der Waals surface area (Å²) in [6.45, 7) is 2.05. The fraction of sp³-hybridized carbons (Fsp3) is 0.154. The third-order valence-corrected chi connectivity index (χ3v) is 6.02. The summed E-state index contributed by atoms with van der Waals surface area (Å²) in [4.78, 5) is 9.14. The number of nitrogens with zero attached hydrogens (tertiary/aromatic N) is 5. The zero-order valence-electron chi connectivity index (χ0n) is 19.6. The van der Waals surface area contributed by atoms with Gasteiger partial charge in [-0.2, -0.15) is 0 Å². The van der Waals surface area contributed by atoms with Crippen molar-refractivity contribution in [1.29, 1.82) is 0 Å². The highest BCUT2D eigenvalue weighted by molar-refractivity contribution is 5.81. The summed E-state index contributed by atoms with van der Waals surface area (Å²) >= 11 is 0. The van der Waals surface area contributed by atoms with Crippen molar-refractivity contribution in [2.24, 2.45) is 10.7 Å². The summed E-state index contributed by atoms with van der Waals surface area (Å²) in [5.74, 6) is 1.61. The molecule has 0 saturated carbocycles. The van der Waals surface area contributed by atoms with Crippen LogP contribution in [0.3, 0.4) is 0 Å². The number of nitrogens with two attached hydrogens (primary N) is 1. The van der Waals surface area contributed by atoms with Gasteiger partial charge in [-0.15, -0.1) is 5.10 Å². The molecule has 5 rings (SSSR count). The first-order chi connectivity index (χ1) is 17.0. The predicted molar refractivity (Wildman–Crippen MR) is 134 cm³/mol. The summed E-state index contributed by atoms with van der Waals surface area (Å²) in [5.41, 5.74) is 10.6. The van der Waals surface area contributed by atoms with Gasteiger partial charge in [0, 0.05) is 29.7 Å². The maximum atomic E-state index is 6.12. The Kier molecular flexibility index (Phi) is 5.66. The van der Waals surface area contributed by atoms with E-state index in [0.717, 1.165) is 27.9 Å². The Morgan fingerprint density at radius 1 is 1.03 bits per heavy atom. The summed E-state index contributed by atoms with van der Waals surface area (Å²) in [5, 5.41) is 11.7. The fourth-order valence-corrected chi connectivity index (χ4v) is 4.24. The smallest absolute Gasteiger partial charge is 0.194 e. The van der Waals surface area contributed by atoms with Gasteiger partial charge in [-0.05, 0) is 60.5 Å². The second-order valence-electron chi connectivity index (χ2n) is 8.10. The minimum Gasteiger partial charge on any atom is -0.493 e. The molecule has 0 radical (unpaired) electrons. The Morgan fingerprint density at radius 3 is 2.63 bits per heavy atom. The molecule has 0 spiro atoms. The van der Waals surface area contributed by atoms with E-state index < -0.39 is 5.54 Å². The van der Waals surface area contributed by atoms with E-state index >= 15 is 0 Å². The first-order valence-corrected chi connectivity index (χ1v) is 11.0. The second-order valence-corrected chi connectivity index (χ2v) is 8.10. The summed E-state index contributed by atoms with van der Waals surface area (Å²) in [6.07, 6.45) is 9.23. The zero-order valence-corrected chi connectivity index (χ0v) is 19.6. The second kappa shape index (κ2) is 8.94. The Hall–Kier alpha value is -4.66. The molecular formula is C26H25N7O2. The highest BCUT2D eigenvalue weighted by Crippen LogP contribution is 2.39. The lowest BCUT2D eigenvalue weighted by molar-refractivity contribution is 0.355. The van der Waals surface area contributed by atoms with Gasteiger partial charge in [0.25, 0.3) is 0 Å². The lowest BCUT2D eigenvalue weighted by Gasteiger charge is -2.32. The molecule has 0 aliphatic carbocycles. The molecule has 1 aliphatic rings. The molecule has 3 N–H and O–H groups in total. The van der Waals surface area contributed by atoms with Crippen molar-refractivity contribution in [1.82, 2.24) is 25.3 Å². The number of aliphatic imine (C=N–C) groups is 1. The maximum absolute atomic E-state index is 6.12. The number of aromatic nitrogens is 4. The number of benzene rings is 2. The monoisotopic (exact) mass is 467 g/mol. The molecule has 2 aromatic heterocycles. The standard InChI is InChI=1S/C26H25N7O2/c1-17-6-8-20(33-16-22(31-32-33)18-7-9-23(34-2)24(13-18)35-3)14-21(17)26(10-12-29-25(27)30-26)19-5-4-11-28-15-19/h4-16H,1-3H3,(H3,27,29,30). The van der Waals surface area contributed by atoms with Gasteiger partial charge in [0.2, 0.25) is 0 Å². The van der Waals surface area contributed by atoms with E-state index in [-0.39, 0.29) is 0 Å². The van der Waals surface area contributed by atoms with Gasteiger partial charge in [-0.1, -0.05) is 17.3 Å². The summed E-state index contributed by atoms with van der Waals surface area (Å²) in [7, 11) is 3.21. The Morgan fingerprint density at radius 2 is 1.89 bits per heavy atom. The van der Waals surface area contributed by atoms with Crippen LogP contribution in [0.5, 0.6) is 11.5 Å². The van der Waals surface area contributed by atoms with Crippen LogP contribution in [0, 0.1) is 6.92 Å². The van der Waals surface area contributed by atoms with Crippen LogP contribution in [0.1, 0.15) is 16.7 Å². The number of ether oxygens (including phenoxy) is 2. The normalized spacial score (nSPS) is 16.9. The number of aryl methyl sites for hydroxylation is 1. The minimum atomic E-state index is -0.823. The molecule has 9 nitrogen and oxygen atoms in total. The first-order valence-electron chi connectivity index (χ1n) is 11.0. The maximum Gasteiger partial charge on any atom is 0.194 e. The van der Waals surface area contributed by atoms with Crippen LogP contribution in [-0.2, 0) is 5.54 Å². The van der Waals surface area contributed by atoms with E-state index in [0.29, 0.717) is 23.2 Å². The van der Waals surface area contributed by atoms with E-state index in [1.807, 2.05) is 67.1 Å². The van der Waals surface area contributed by atoms with Crippen LogP contribution >= 0.6 is 0 Å². The Labute approximate surface area is 202 Å². The molecular weight excluding hydrogens is 442 g/mol. The number of guanidine groups is 1. The first kappa shape index (κ1) is 22.1. The Balaban J connectivity index is 1.59. The molecule has 1 atom stereocenters. The van der Waals surface area contributed by atoms with Gasteiger partial charge in [0.05, 0.1) is 26.1 Å². The third-order valence-electron chi connectivity index (χ3n) is 6.02. The van der Waals surface area contributed by atoms with Crippen molar-refractivity contribution < 1.29 is 9.47 Å². The average Bonchev–Trinajstić information content (AvgIpc) is 3.39. The molecule has 2 aromatic carbocycles. The van der Waals surface area contributed by atoms with Crippen LogP contribution in [0.15, 0.2) is 84.4 Å². The molecule has 1 aliphatic heterocycles. The van der Waals surface area contributed by atoms with Crippen molar-refractivity contribution in [2.75, 3.05) is 14.2 Å². The largest absolute Gasteiger partial charge is 0.493 e. The van der Waals surface area contributed by atoms with Crippen molar-refractivity contribution in [3.63, 3.8) is 0 Å². The minimum absolute atomic E-state index is 0.331. The molecule has 176 valence electrons. The zero-order chi connectivity index (χ0) is 24.4. The summed E-state index contributed by atoms with van der Waals surface area (Å²) in [6, 6.07) is 15.6. The molecule has 0 amide bonds. The van der Waals surface area contributed by atoms with Crippen LogP contribution in [0.25, 0.3) is 16.9 Å². The molecule has 9 heteroatoms. The number of rotatable bonds is 6. The number of hydrogen-bond acceptors (Lipinski definition) is 8. The molecule has 35 heavy (non-hydrogen) atoms. The SMILES string of the molecule is COc1ccc(-c2cn(-c3ccc(C)c(C4(c5cccnc5)C=CNC(N)=N4)c3)nn2)cc1OC. The number of pyridine rings is 1. The Bertz CT molecular complexity index is 1430. The van der Waals surface area contributed by atoms with Gasteiger partial charge in [-0.3, -0.25) is 4.98 Å². The molecule has 0 saturated heterocycles. The quantitative estimate of drug-likeness (QED) is 0.447. The summed E-state index contributed by atoms with van der Waals surface area (Å²) < 4.78 is 12.5. The van der Waals surface area contributed by atoms with Gasteiger partial charge >= 0.3 is 0 Å². The molecule has 3 heterocycles. The van der Waals surface area contributed by atoms with E-state index in [1.165, 1.54) is 0 Å². The lowest BCUT2D eigenvalue weighted by Crippen LogP contribution is -2.38. The van der Waals surface area contributed by atoms with E-state index in [4.69, 9.17) is 20.2 Å². The van der Waals surface area contributed by atoms with Crippen molar-refractivity contribution in [3.05, 3.63) is 96.1 Å². The highest BCUT2D eigenvalue weighted by Gasteiger charge is 2.35. The van der Waals surface area contributed by atoms with E-state index in [1.54, 1.807) is 25.1 Å². The molecule has 0 fully saturated rings. The van der Waals surface area contributed by atoms with E-state index in [9.17, 15) is 0 Å². The lowest BCUT2D eigenvalue weighted by atomic mass is 9.81. The molecule has 4 aromatic rings. The number of methoxy groups -OCH3 is 2. The fourth-order valence-electron chi connectivity index (χ4n) is 4.24. The van der Waals surface area contributed by atoms with Crippen LogP contribution < -0.4 is 20.5 Å². The van der Waals surface area contributed by atoms with Crippen molar-refractivity contribution >= 4 is 5.96 Å². The van der Waals surface area contributed by atoms with Gasteiger partial charge in [0.1, 0.15) is 11.2 Å². The number of nitrogens with one attached hydrogen (secondary N) is 1. The molecule has 1 unspecified atom stereocenters. The third kappa shape index (κ3) is 3.97. The van der Waals surface area contributed by atoms with Gasteiger partial charge in [-0.25, -0.2) is 9.67 Å². The number of hydrogen-bond donors (Lipinski definition) is 2. The molecule has 0 bridgehead atoms. The van der Waals surface area contributed by atoms with Crippen LogP contribution in [0.4, 0.5) is 0 Å². The predicted octanol–water partition coefficient (Wildman–Crippen LogP) is 3.33. The van der Waals surface area contributed by atoms with Gasteiger partial charge < -0.3 is 20.5 Å². The average molecular weight is 468 g/mol. The topological polar surface area (TPSA) is 112 Å². The van der Waals surface area contributed by atoms with Crippen LogP contribution in [-0.4, -0.2) is 40.2 Å². The highest BCUT2D eigenvalue weighted by atomic mass is 16.5.